The van der Waals surface area contributed by atoms with Crippen LogP contribution in [-0.2, 0) is 32.6 Å². The van der Waals surface area contributed by atoms with Crippen molar-refractivity contribution in [3.63, 3.8) is 0 Å². The van der Waals surface area contributed by atoms with Crippen molar-refractivity contribution in [3.8, 4) is 11.5 Å². The zero-order chi connectivity index (χ0) is 31.8. The topological polar surface area (TPSA) is 105 Å². The van der Waals surface area contributed by atoms with Crippen LogP contribution in [0.4, 0.5) is 5.69 Å². The van der Waals surface area contributed by atoms with E-state index in [0.717, 1.165) is 9.87 Å². The van der Waals surface area contributed by atoms with Gasteiger partial charge in [0.1, 0.15) is 25.8 Å². The molecule has 11 heteroatoms. The molecule has 0 aromatic heterocycles. The highest BCUT2D eigenvalue weighted by Crippen LogP contribution is 2.36. The number of nitrogens with zero attached hydrogens (tertiary/aromatic N) is 2. The van der Waals surface area contributed by atoms with Crippen LogP contribution in [0.1, 0.15) is 18.1 Å². The minimum absolute atomic E-state index is 0.0126. The number of fused-ring (bicyclic) bond motifs is 1. The number of likely N-dealkylation sites (N-methyl/N-ethyl adjacent to an activating group) is 1. The van der Waals surface area contributed by atoms with E-state index in [-0.39, 0.29) is 29.5 Å². The molecule has 0 fully saturated rings. The van der Waals surface area contributed by atoms with Gasteiger partial charge in [0.05, 0.1) is 10.6 Å². The second kappa shape index (κ2) is 14.5. The average molecular weight is 648 g/mol. The van der Waals surface area contributed by atoms with Crippen LogP contribution in [0.5, 0.6) is 11.5 Å². The third-order valence-corrected chi connectivity index (χ3v) is 9.31. The molecule has 1 unspecified atom stereocenters. The lowest BCUT2D eigenvalue weighted by Crippen LogP contribution is -2.53. The van der Waals surface area contributed by atoms with Gasteiger partial charge in [-0.1, -0.05) is 72.3 Å². The van der Waals surface area contributed by atoms with Crippen LogP contribution in [0.15, 0.2) is 108 Å². The first-order valence-electron chi connectivity index (χ1n) is 14.6. The lowest BCUT2D eigenvalue weighted by molar-refractivity contribution is -0.140. The molecular formula is C34H34ClN3O6S. The summed E-state index contributed by atoms with van der Waals surface area (Å²) >= 11 is 6.29. The Morgan fingerprint density at radius 3 is 2.20 bits per heavy atom. The maximum absolute atomic E-state index is 14.5. The zero-order valence-electron chi connectivity index (χ0n) is 24.8. The molecule has 0 saturated carbocycles. The summed E-state index contributed by atoms with van der Waals surface area (Å²) in [6, 6.07) is 28.1. The highest BCUT2D eigenvalue weighted by atomic mass is 35.5. The third-order valence-electron chi connectivity index (χ3n) is 7.29. The molecule has 1 aliphatic heterocycles. The molecule has 4 aromatic rings. The van der Waals surface area contributed by atoms with Crippen LogP contribution in [0.3, 0.4) is 0 Å². The second-order valence-electron chi connectivity index (χ2n) is 10.4. The van der Waals surface area contributed by atoms with Gasteiger partial charge in [-0.2, -0.15) is 0 Å². The fourth-order valence-corrected chi connectivity index (χ4v) is 6.75. The van der Waals surface area contributed by atoms with Gasteiger partial charge in [0.2, 0.25) is 11.8 Å². The van der Waals surface area contributed by atoms with Crippen LogP contribution in [0.25, 0.3) is 0 Å². The van der Waals surface area contributed by atoms with Crippen LogP contribution in [0.2, 0.25) is 5.02 Å². The predicted molar refractivity (Wildman–Crippen MR) is 173 cm³/mol. The Balaban J connectivity index is 1.58. The molecule has 4 aromatic carbocycles. The van der Waals surface area contributed by atoms with E-state index in [4.69, 9.17) is 21.1 Å². The summed E-state index contributed by atoms with van der Waals surface area (Å²) in [7, 11) is -4.24. The SMILES string of the molecule is CCNC(=O)C(Cc1ccccc1)N(Cc1cccc(Cl)c1)C(=O)CN(c1ccc2c(c1)OCCO2)S(=O)(=O)c1ccccc1. The number of hydrogen-bond acceptors (Lipinski definition) is 6. The van der Waals surface area contributed by atoms with E-state index in [2.05, 4.69) is 5.32 Å². The fourth-order valence-electron chi connectivity index (χ4n) is 5.11. The number of hydrogen-bond donors (Lipinski definition) is 1. The third kappa shape index (κ3) is 7.76. The molecule has 5 rings (SSSR count). The van der Waals surface area contributed by atoms with E-state index in [9.17, 15) is 18.0 Å². The summed E-state index contributed by atoms with van der Waals surface area (Å²) in [6.45, 7) is 2.28. The lowest BCUT2D eigenvalue weighted by atomic mass is 10.0. The number of rotatable bonds is 12. The minimum Gasteiger partial charge on any atom is -0.486 e. The van der Waals surface area contributed by atoms with E-state index in [1.807, 2.05) is 36.4 Å². The summed E-state index contributed by atoms with van der Waals surface area (Å²) in [5.74, 6) is -0.0697. The molecule has 0 radical (unpaired) electrons. The van der Waals surface area contributed by atoms with Crippen LogP contribution in [-0.4, -0.2) is 57.5 Å². The Morgan fingerprint density at radius 2 is 1.51 bits per heavy atom. The number of nitrogens with one attached hydrogen (secondary N) is 1. The number of carbonyl (C=O) groups is 2. The Hall–Kier alpha value is -4.54. The minimum atomic E-state index is -4.24. The normalized spacial score (nSPS) is 13.0. The quantitative estimate of drug-likeness (QED) is 0.230. The van der Waals surface area contributed by atoms with Crippen molar-refractivity contribution in [2.24, 2.45) is 0 Å². The number of benzene rings is 4. The maximum Gasteiger partial charge on any atom is 0.264 e. The predicted octanol–water partition coefficient (Wildman–Crippen LogP) is 5.08. The Kier molecular flexibility index (Phi) is 10.3. The van der Waals surface area contributed by atoms with E-state index < -0.39 is 28.5 Å². The fraction of sp³-hybridized carbons (Fsp3) is 0.235. The van der Waals surface area contributed by atoms with Gasteiger partial charge in [-0.15, -0.1) is 0 Å². The smallest absolute Gasteiger partial charge is 0.264 e. The number of anilines is 1. The van der Waals surface area contributed by atoms with Crippen LogP contribution >= 0.6 is 11.6 Å². The molecule has 9 nitrogen and oxygen atoms in total. The van der Waals surface area contributed by atoms with Gasteiger partial charge in [0, 0.05) is 30.6 Å². The van der Waals surface area contributed by atoms with Gasteiger partial charge in [0.15, 0.2) is 11.5 Å². The molecule has 0 spiro atoms. The first-order chi connectivity index (χ1) is 21.8. The number of halogens is 1. The summed E-state index contributed by atoms with van der Waals surface area (Å²) < 4.78 is 40.7. The summed E-state index contributed by atoms with van der Waals surface area (Å²) in [5.41, 5.74) is 1.75. The van der Waals surface area contributed by atoms with Crippen LogP contribution < -0.4 is 19.1 Å². The maximum atomic E-state index is 14.5. The Labute approximate surface area is 268 Å². The first-order valence-corrected chi connectivity index (χ1v) is 16.4. The van der Waals surface area contributed by atoms with Gasteiger partial charge < -0.3 is 19.7 Å². The van der Waals surface area contributed by atoms with Crippen molar-refractivity contribution in [2.45, 2.75) is 30.8 Å². The van der Waals surface area contributed by atoms with Crippen molar-refractivity contribution in [3.05, 3.63) is 119 Å². The standard InChI is InChI=1S/C34H34ClN3O6S/c1-2-36-34(40)30(21-25-10-5-3-6-11-25)37(23-26-12-9-13-27(35)20-26)33(39)24-38(45(41,42)29-14-7-4-8-15-29)28-16-17-31-32(22-28)44-19-18-43-31/h3-17,20,22,30H,2,18-19,21,23-24H2,1H3,(H,36,40). The molecule has 234 valence electrons. The molecule has 1 N–H and O–H groups in total. The van der Waals surface area contributed by atoms with Gasteiger partial charge in [-0.3, -0.25) is 13.9 Å². The van der Waals surface area contributed by atoms with Crippen molar-refractivity contribution in [1.29, 1.82) is 0 Å². The summed E-state index contributed by atoms with van der Waals surface area (Å²) in [6.07, 6.45) is 0.217. The number of sulfonamides is 1. The van der Waals surface area contributed by atoms with Gasteiger partial charge in [-0.25, -0.2) is 8.42 Å². The Morgan fingerprint density at radius 1 is 0.844 bits per heavy atom. The molecule has 0 bridgehead atoms. The number of ether oxygens (including phenoxy) is 2. The molecule has 2 amide bonds. The van der Waals surface area contributed by atoms with Crippen molar-refractivity contribution in [2.75, 3.05) is 30.6 Å². The zero-order valence-corrected chi connectivity index (χ0v) is 26.3. The monoisotopic (exact) mass is 647 g/mol. The molecule has 1 aliphatic rings. The molecule has 1 atom stereocenters. The van der Waals surface area contributed by atoms with E-state index >= 15 is 0 Å². The molecule has 0 saturated heterocycles. The van der Waals surface area contributed by atoms with Crippen molar-refractivity contribution < 1.29 is 27.5 Å². The number of amides is 2. The first kappa shape index (κ1) is 31.9. The number of carbonyl (C=O) groups excluding carboxylic acids is 2. The highest BCUT2D eigenvalue weighted by Gasteiger charge is 2.35. The largest absolute Gasteiger partial charge is 0.486 e. The summed E-state index contributed by atoms with van der Waals surface area (Å²) in [5, 5.41) is 3.33. The van der Waals surface area contributed by atoms with Crippen LogP contribution in [0, 0.1) is 0 Å². The average Bonchev–Trinajstić information content (AvgIpc) is 3.06. The summed E-state index contributed by atoms with van der Waals surface area (Å²) in [4.78, 5) is 29.5. The van der Waals surface area contributed by atoms with Crippen molar-refractivity contribution >= 4 is 39.1 Å². The highest BCUT2D eigenvalue weighted by molar-refractivity contribution is 7.92. The van der Waals surface area contributed by atoms with E-state index in [1.165, 1.54) is 17.0 Å². The lowest BCUT2D eigenvalue weighted by Gasteiger charge is -2.34. The van der Waals surface area contributed by atoms with E-state index in [0.29, 0.717) is 41.8 Å². The van der Waals surface area contributed by atoms with Gasteiger partial charge in [0.25, 0.3) is 10.0 Å². The molecule has 45 heavy (non-hydrogen) atoms. The van der Waals surface area contributed by atoms with Gasteiger partial charge in [-0.05, 0) is 54.4 Å². The molecule has 1 heterocycles. The Bertz CT molecular complexity index is 1740. The molecule has 0 aliphatic carbocycles. The van der Waals surface area contributed by atoms with E-state index in [1.54, 1.807) is 61.5 Å². The van der Waals surface area contributed by atoms with Crippen molar-refractivity contribution in [1.82, 2.24) is 10.2 Å². The second-order valence-corrected chi connectivity index (χ2v) is 12.7. The van der Waals surface area contributed by atoms with Gasteiger partial charge >= 0.3 is 0 Å². The molecular weight excluding hydrogens is 614 g/mol.